The van der Waals surface area contributed by atoms with Crippen LogP contribution in [-0.4, -0.2) is 10.1 Å². The SMILES string of the molecule is Fc1ccccc1SCc1nc(-c2cccc(C(F)(F)F)c2)no1. The first kappa shape index (κ1) is 16.5. The Morgan fingerprint density at radius 1 is 1.04 bits per heavy atom. The molecule has 2 aromatic carbocycles. The van der Waals surface area contributed by atoms with Crippen LogP contribution < -0.4 is 0 Å². The molecule has 1 heterocycles. The van der Waals surface area contributed by atoms with Gasteiger partial charge in [0.25, 0.3) is 0 Å². The Hall–Kier alpha value is -2.35. The number of alkyl halides is 3. The number of thioether (sulfide) groups is 1. The van der Waals surface area contributed by atoms with Crippen molar-refractivity contribution in [3.63, 3.8) is 0 Å². The van der Waals surface area contributed by atoms with Crippen LogP contribution in [-0.2, 0) is 11.9 Å². The van der Waals surface area contributed by atoms with Gasteiger partial charge in [-0.05, 0) is 24.3 Å². The lowest BCUT2D eigenvalue weighted by Gasteiger charge is -2.06. The molecule has 0 atom stereocenters. The summed E-state index contributed by atoms with van der Waals surface area (Å²) in [6.07, 6.45) is -4.44. The Balaban J connectivity index is 1.75. The van der Waals surface area contributed by atoms with Gasteiger partial charge in [-0.15, -0.1) is 11.8 Å². The van der Waals surface area contributed by atoms with E-state index in [0.717, 1.165) is 23.9 Å². The summed E-state index contributed by atoms with van der Waals surface area (Å²) in [5.41, 5.74) is -0.581. The highest BCUT2D eigenvalue weighted by Gasteiger charge is 2.30. The van der Waals surface area contributed by atoms with E-state index in [1.807, 2.05) is 0 Å². The summed E-state index contributed by atoms with van der Waals surface area (Å²) in [7, 11) is 0. The third-order valence-corrected chi connectivity index (χ3v) is 4.14. The molecule has 0 unspecified atom stereocenters. The largest absolute Gasteiger partial charge is 0.416 e. The Bertz CT molecular complexity index is 848. The fourth-order valence-corrected chi connectivity index (χ4v) is 2.74. The van der Waals surface area contributed by atoms with E-state index in [-0.39, 0.29) is 28.8 Å². The van der Waals surface area contributed by atoms with Crippen LogP contribution in [0.25, 0.3) is 11.4 Å². The third-order valence-electron chi connectivity index (χ3n) is 3.10. The molecule has 0 N–H and O–H groups in total. The van der Waals surface area contributed by atoms with E-state index in [1.54, 1.807) is 18.2 Å². The number of hydrogen-bond donors (Lipinski definition) is 0. The molecule has 3 nitrogen and oxygen atoms in total. The van der Waals surface area contributed by atoms with Crippen LogP contribution >= 0.6 is 11.8 Å². The second-order valence-electron chi connectivity index (χ2n) is 4.81. The van der Waals surface area contributed by atoms with Crippen LogP contribution in [0.5, 0.6) is 0 Å². The fraction of sp³-hybridized carbons (Fsp3) is 0.125. The van der Waals surface area contributed by atoms with Gasteiger partial charge in [-0.3, -0.25) is 0 Å². The molecule has 0 fully saturated rings. The van der Waals surface area contributed by atoms with Crippen molar-refractivity contribution in [1.29, 1.82) is 0 Å². The van der Waals surface area contributed by atoms with Crippen molar-refractivity contribution in [2.45, 2.75) is 16.8 Å². The van der Waals surface area contributed by atoms with Gasteiger partial charge in [0.15, 0.2) is 0 Å². The predicted octanol–water partition coefficient (Wildman–Crippen LogP) is 5.19. The predicted molar refractivity (Wildman–Crippen MR) is 80.7 cm³/mol. The molecule has 1 aromatic heterocycles. The maximum absolute atomic E-state index is 13.5. The first-order valence-corrected chi connectivity index (χ1v) is 7.79. The molecule has 0 aliphatic rings. The van der Waals surface area contributed by atoms with Gasteiger partial charge in [-0.1, -0.05) is 29.4 Å². The first-order chi connectivity index (χ1) is 11.4. The molecular weight excluding hydrogens is 344 g/mol. The van der Waals surface area contributed by atoms with Crippen molar-refractivity contribution < 1.29 is 22.1 Å². The van der Waals surface area contributed by atoms with Crippen molar-refractivity contribution in [2.75, 3.05) is 0 Å². The summed E-state index contributed by atoms with van der Waals surface area (Å²) in [5, 5.41) is 3.68. The van der Waals surface area contributed by atoms with Crippen LogP contribution in [0.4, 0.5) is 17.6 Å². The smallest absolute Gasteiger partial charge is 0.338 e. The van der Waals surface area contributed by atoms with Crippen molar-refractivity contribution in [2.24, 2.45) is 0 Å². The quantitative estimate of drug-likeness (QED) is 0.478. The molecule has 3 aromatic rings. The van der Waals surface area contributed by atoms with Gasteiger partial charge in [0.2, 0.25) is 11.7 Å². The molecule has 0 aliphatic heterocycles. The van der Waals surface area contributed by atoms with Crippen molar-refractivity contribution in [3.8, 4) is 11.4 Å². The Morgan fingerprint density at radius 3 is 2.58 bits per heavy atom. The lowest BCUT2D eigenvalue weighted by Crippen LogP contribution is -2.04. The molecular formula is C16H10F4N2OS. The normalized spacial score (nSPS) is 11.7. The third kappa shape index (κ3) is 3.76. The second-order valence-corrected chi connectivity index (χ2v) is 5.83. The van der Waals surface area contributed by atoms with Crippen molar-refractivity contribution in [1.82, 2.24) is 10.1 Å². The highest BCUT2D eigenvalue weighted by Crippen LogP contribution is 2.32. The van der Waals surface area contributed by atoms with Crippen LogP contribution in [0.2, 0.25) is 0 Å². The zero-order chi connectivity index (χ0) is 17.2. The minimum absolute atomic E-state index is 0.0604. The van der Waals surface area contributed by atoms with Gasteiger partial charge < -0.3 is 4.52 Å². The number of benzene rings is 2. The average Bonchev–Trinajstić information content (AvgIpc) is 3.02. The molecule has 0 aliphatic carbocycles. The lowest BCUT2D eigenvalue weighted by molar-refractivity contribution is -0.137. The summed E-state index contributed by atoms with van der Waals surface area (Å²) < 4.78 is 56.7. The monoisotopic (exact) mass is 354 g/mol. The van der Waals surface area contributed by atoms with E-state index < -0.39 is 11.7 Å². The number of aromatic nitrogens is 2. The van der Waals surface area contributed by atoms with Gasteiger partial charge in [-0.2, -0.15) is 18.2 Å². The molecule has 124 valence electrons. The Kier molecular flexibility index (Phi) is 4.57. The van der Waals surface area contributed by atoms with Gasteiger partial charge in [-0.25, -0.2) is 4.39 Å². The number of nitrogens with zero attached hydrogens (tertiary/aromatic N) is 2. The van der Waals surface area contributed by atoms with E-state index in [4.69, 9.17) is 4.52 Å². The maximum Gasteiger partial charge on any atom is 0.416 e. The van der Waals surface area contributed by atoms with Crippen molar-refractivity contribution in [3.05, 3.63) is 65.8 Å². The summed E-state index contributed by atoms with van der Waals surface area (Å²) in [4.78, 5) is 4.49. The standard InChI is InChI=1S/C16H10F4N2OS/c17-12-6-1-2-7-13(12)24-9-14-21-15(22-23-14)10-4-3-5-11(8-10)16(18,19)20/h1-8H,9H2. The van der Waals surface area contributed by atoms with E-state index in [0.29, 0.717) is 4.90 Å². The highest BCUT2D eigenvalue weighted by atomic mass is 32.2. The Morgan fingerprint density at radius 2 is 1.83 bits per heavy atom. The van der Waals surface area contributed by atoms with E-state index in [1.165, 1.54) is 18.2 Å². The van der Waals surface area contributed by atoms with Gasteiger partial charge in [0, 0.05) is 10.5 Å². The van der Waals surface area contributed by atoms with E-state index in [9.17, 15) is 17.6 Å². The molecule has 0 bridgehead atoms. The topological polar surface area (TPSA) is 38.9 Å². The zero-order valence-corrected chi connectivity index (χ0v) is 12.9. The molecule has 24 heavy (non-hydrogen) atoms. The van der Waals surface area contributed by atoms with E-state index in [2.05, 4.69) is 10.1 Å². The molecule has 8 heteroatoms. The van der Waals surface area contributed by atoms with Crippen LogP contribution in [0, 0.1) is 5.82 Å². The van der Waals surface area contributed by atoms with Gasteiger partial charge in [0.1, 0.15) is 5.82 Å². The minimum Gasteiger partial charge on any atom is -0.338 e. The molecule has 0 saturated heterocycles. The molecule has 3 rings (SSSR count). The number of halogens is 4. The number of rotatable bonds is 4. The van der Waals surface area contributed by atoms with Crippen LogP contribution in [0.1, 0.15) is 11.5 Å². The van der Waals surface area contributed by atoms with Crippen molar-refractivity contribution >= 4 is 11.8 Å². The second kappa shape index (κ2) is 6.64. The highest BCUT2D eigenvalue weighted by molar-refractivity contribution is 7.98. The fourth-order valence-electron chi connectivity index (χ4n) is 1.97. The molecule has 0 amide bonds. The van der Waals surface area contributed by atoms with E-state index >= 15 is 0 Å². The summed E-state index contributed by atoms with van der Waals surface area (Å²) in [5.74, 6) is 0.119. The number of hydrogen-bond acceptors (Lipinski definition) is 4. The van der Waals surface area contributed by atoms with Crippen LogP contribution in [0.3, 0.4) is 0 Å². The maximum atomic E-state index is 13.5. The first-order valence-electron chi connectivity index (χ1n) is 6.81. The summed E-state index contributed by atoms with van der Waals surface area (Å²) in [6.45, 7) is 0. The zero-order valence-electron chi connectivity index (χ0n) is 12.0. The lowest BCUT2D eigenvalue weighted by atomic mass is 10.1. The van der Waals surface area contributed by atoms with Crippen LogP contribution in [0.15, 0.2) is 57.9 Å². The Labute approximate surface area is 138 Å². The minimum atomic E-state index is -4.44. The summed E-state index contributed by atoms with van der Waals surface area (Å²) in [6, 6.07) is 10.9. The molecule has 0 spiro atoms. The molecule has 0 radical (unpaired) electrons. The summed E-state index contributed by atoms with van der Waals surface area (Å²) >= 11 is 1.16. The van der Waals surface area contributed by atoms with Gasteiger partial charge >= 0.3 is 6.18 Å². The molecule has 0 saturated carbocycles. The average molecular weight is 354 g/mol. The van der Waals surface area contributed by atoms with Gasteiger partial charge in [0.05, 0.1) is 11.3 Å².